The van der Waals surface area contributed by atoms with E-state index in [-0.39, 0.29) is 12.5 Å². The van der Waals surface area contributed by atoms with Crippen LogP contribution in [0.4, 0.5) is 5.13 Å². The number of nitrogens with zero attached hydrogens (tertiary/aromatic N) is 2. The molecule has 20 heavy (non-hydrogen) atoms. The Kier molecular flexibility index (Phi) is 5.06. The maximum atomic E-state index is 11.7. The molecule has 106 valence electrons. The largest absolute Gasteiger partial charge is 0.484 e. The Labute approximate surface area is 122 Å². The van der Waals surface area contributed by atoms with E-state index in [1.807, 2.05) is 18.2 Å². The van der Waals surface area contributed by atoms with Gasteiger partial charge in [-0.15, -0.1) is 10.2 Å². The molecule has 0 radical (unpaired) electrons. The fraction of sp³-hybridized carbons (Fsp3) is 0.357. The molecular formula is C14H17N3O2S. The summed E-state index contributed by atoms with van der Waals surface area (Å²) in [6.07, 6.45) is 0.869. The Morgan fingerprint density at radius 3 is 2.75 bits per heavy atom. The van der Waals surface area contributed by atoms with Gasteiger partial charge in [0.2, 0.25) is 5.13 Å². The number of carbonyl (C=O) groups is 1. The number of benzene rings is 1. The van der Waals surface area contributed by atoms with Crippen LogP contribution in [0.15, 0.2) is 30.3 Å². The third kappa shape index (κ3) is 4.62. The van der Waals surface area contributed by atoms with Gasteiger partial charge in [-0.3, -0.25) is 10.1 Å². The van der Waals surface area contributed by atoms with Crippen molar-refractivity contribution in [1.82, 2.24) is 10.2 Å². The van der Waals surface area contributed by atoms with E-state index < -0.39 is 0 Å². The first-order valence-corrected chi connectivity index (χ1v) is 7.25. The lowest BCUT2D eigenvalue weighted by Gasteiger charge is -2.04. The Hall–Kier alpha value is -1.95. The third-order valence-corrected chi connectivity index (χ3v) is 3.27. The molecule has 0 aliphatic carbocycles. The highest BCUT2D eigenvalue weighted by Crippen LogP contribution is 2.18. The second-order valence-corrected chi connectivity index (χ2v) is 5.81. The van der Waals surface area contributed by atoms with E-state index in [0.29, 0.717) is 16.8 Å². The van der Waals surface area contributed by atoms with E-state index in [4.69, 9.17) is 4.74 Å². The smallest absolute Gasteiger partial charge is 0.264 e. The number of ether oxygens (including phenoxy) is 1. The van der Waals surface area contributed by atoms with Crippen LogP contribution in [0.3, 0.4) is 0 Å². The van der Waals surface area contributed by atoms with Crippen LogP contribution in [-0.2, 0) is 11.2 Å². The first-order valence-electron chi connectivity index (χ1n) is 6.43. The molecule has 6 heteroatoms. The highest BCUT2D eigenvalue weighted by atomic mass is 32.1. The lowest BCUT2D eigenvalue weighted by atomic mass is 10.1. The molecule has 2 rings (SSSR count). The standard InChI is InChI=1S/C14H17N3O2S/c1-10(2)8-13-16-17-14(20-13)15-12(18)9-19-11-6-4-3-5-7-11/h3-7,10H,8-9H2,1-2H3,(H,15,17,18). The van der Waals surface area contributed by atoms with Crippen LogP contribution in [-0.4, -0.2) is 22.7 Å². The molecule has 0 aliphatic rings. The first kappa shape index (κ1) is 14.5. The Morgan fingerprint density at radius 2 is 2.05 bits per heavy atom. The quantitative estimate of drug-likeness (QED) is 0.889. The van der Waals surface area contributed by atoms with Crippen LogP contribution in [0.5, 0.6) is 5.75 Å². The fourth-order valence-electron chi connectivity index (χ4n) is 1.56. The molecule has 0 fully saturated rings. The van der Waals surface area contributed by atoms with Crippen LogP contribution in [0.1, 0.15) is 18.9 Å². The van der Waals surface area contributed by atoms with Crippen molar-refractivity contribution < 1.29 is 9.53 Å². The topological polar surface area (TPSA) is 64.1 Å². The first-order chi connectivity index (χ1) is 9.63. The number of amides is 1. The maximum absolute atomic E-state index is 11.7. The van der Waals surface area contributed by atoms with Crippen molar-refractivity contribution in [3.05, 3.63) is 35.3 Å². The van der Waals surface area contributed by atoms with E-state index in [0.717, 1.165) is 11.4 Å². The number of rotatable bonds is 6. The van der Waals surface area contributed by atoms with E-state index in [1.54, 1.807) is 12.1 Å². The number of para-hydroxylation sites is 1. The van der Waals surface area contributed by atoms with Crippen molar-refractivity contribution in [2.24, 2.45) is 5.92 Å². The predicted molar refractivity (Wildman–Crippen MR) is 79.0 cm³/mol. The molecule has 1 N–H and O–H groups in total. The molecular weight excluding hydrogens is 274 g/mol. The molecule has 1 aromatic carbocycles. The van der Waals surface area contributed by atoms with E-state index in [9.17, 15) is 4.79 Å². The van der Waals surface area contributed by atoms with Crippen molar-refractivity contribution >= 4 is 22.4 Å². The number of nitrogens with one attached hydrogen (secondary N) is 1. The molecule has 0 saturated heterocycles. The van der Waals surface area contributed by atoms with Crippen LogP contribution >= 0.6 is 11.3 Å². The summed E-state index contributed by atoms with van der Waals surface area (Å²) in [7, 11) is 0. The Morgan fingerprint density at radius 1 is 1.30 bits per heavy atom. The van der Waals surface area contributed by atoms with Gasteiger partial charge < -0.3 is 4.74 Å². The fourth-order valence-corrected chi connectivity index (χ4v) is 2.52. The average molecular weight is 291 g/mol. The number of carbonyl (C=O) groups excluding carboxylic acids is 1. The van der Waals surface area contributed by atoms with Crippen LogP contribution in [0, 0.1) is 5.92 Å². The zero-order valence-electron chi connectivity index (χ0n) is 11.5. The van der Waals surface area contributed by atoms with E-state index in [1.165, 1.54) is 11.3 Å². The molecule has 1 heterocycles. The summed E-state index contributed by atoms with van der Waals surface area (Å²) in [5.41, 5.74) is 0. The zero-order valence-corrected chi connectivity index (χ0v) is 12.3. The van der Waals surface area contributed by atoms with Crippen LogP contribution < -0.4 is 10.1 Å². The van der Waals surface area contributed by atoms with Crippen molar-refractivity contribution in [2.45, 2.75) is 20.3 Å². The summed E-state index contributed by atoms with van der Waals surface area (Å²) in [4.78, 5) is 11.7. The molecule has 2 aromatic rings. The minimum absolute atomic E-state index is 0.0386. The van der Waals surface area contributed by atoms with Gasteiger partial charge in [-0.25, -0.2) is 0 Å². The summed E-state index contributed by atoms with van der Waals surface area (Å²) in [6.45, 7) is 4.20. The van der Waals surface area contributed by atoms with Crippen molar-refractivity contribution in [2.75, 3.05) is 11.9 Å². The predicted octanol–water partition coefficient (Wildman–Crippen LogP) is 2.75. The van der Waals surface area contributed by atoms with Crippen molar-refractivity contribution in [3.8, 4) is 5.75 Å². The lowest BCUT2D eigenvalue weighted by molar-refractivity contribution is -0.118. The summed E-state index contributed by atoms with van der Waals surface area (Å²) < 4.78 is 5.36. The summed E-state index contributed by atoms with van der Waals surface area (Å²) >= 11 is 1.40. The SMILES string of the molecule is CC(C)Cc1nnc(NC(=O)COc2ccccc2)s1. The molecule has 0 unspecified atom stereocenters. The monoisotopic (exact) mass is 291 g/mol. The highest BCUT2D eigenvalue weighted by molar-refractivity contribution is 7.15. The highest BCUT2D eigenvalue weighted by Gasteiger charge is 2.09. The normalized spacial score (nSPS) is 10.6. The summed E-state index contributed by atoms with van der Waals surface area (Å²) in [6, 6.07) is 9.22. The van der Waals surface area contributed by atoms with Gasteiger partial charge in [0.1, 0.15) is 10.8 Å². The number of anilines is 1. The molecule has 1 amide bonds. The van der Waals surface area contributed by atoms with Crippen molar-refractivity contribution in [3.63, 3.8) is 0 Å². The summed E-state index contributed by atoms with van der Waals surface area (Å²) in [5, 5.41) is 12.1. The average Bonchev–Trinajstić information content (AvgIpc) is 2.84. The molecule has 0 atom stereocenters. The van der Waals surface area contributed by atoms with Crippen LogP contribution in [0.2, 0.25) is 0 Å². The van der Waals surface area contributed by atoms with Gasteiger partial charge in [0.25, 0.3) is 5.91 Å². The molecule has 5 nitrogen and oxygen atoms in total. The Balaban J connectivity index is 1.81. The van der Waals surface area contributed by atoms with Gasteiger partial charge in [0.15, 0.2) is 6.61 Å². The minimum Gasteiger partial charge on any atom is -0.484 e. The number of aromatic nitrogens is 2. The van der Waals surface area contributed by atoms with Gasteiger partial charge in [0, 0.05) is 6.42 Å². The molecule has 0 bridgehead atoms. The zero-order chi connectivity index (χ0) is 14.4. The maximum Gasteiger partial charge on any atom is 0.264 e. The lowest BCUT2D eigenvalue weighted by Crippen LogP contribution is -2.20. The van der Waals surface area contributed by atoms with Gasteiger partial charge in [0.05, 0.1) is 0 Å². The third-order valence-electron chi connectivity index (χ3n) is 2.41. The van der Waals surface area contributed by atoms with E-state index >= 15 is 0 Å². The summed E-state index contributed by atoms with van der Waals surface area (Å²) in [5.74, 6) is 0.953. The van der Waals surface area contributed by atoms with Crippen molar-refractivity contribution in [1.29, 1.82) is 0 Å². The van der Waals surface area contributed by atoms with Gasteiger partial charge >= 0.3 is 0 Å². The number of hydrogen-bond acceptors (Lipinski definition) is 5. The van der Waals surface area contributed by atoms with Gasteiger partial charge in [-0.05, 0) is 18.1 Å². The van der Waals surface area contributed by atoms with Gasteiger partial charge in [-0.1, -0.05) is 43.4 Å². The second kappa shape index (κ2) is 7.00. The van der Waals surface area contributed by atoms with E-state index in [2.05, 4.69) is 29.4 Å². The molecule has 0 spiro atoms. The minimum atomic E-state index is -0.235. The number of hydrogen-bond donors (Lipinski definition) is 1. The van der Waals surface area contributed by atoms with Gasteiger partial charge in [-0.2, -0.15) is 0 Å². The molecule has 0 saturated carbocycles. The molecule has 0 aliphatic heterocycles. The second-order valence-electron chi connectivity index (χ2n) is 4.75. The molecule has 1 aromatic heterocycles. The Bertz CT molecular complexity index is 555. The van der Waals surface area contributed by atoms with Crippen LogP contribution in [0.25, 0.3) is 0 Å².